The van der Waals surface area contributed by atoms with E-state index in [1.54, 1.807) is 24.3 Å². The van der Waals surface area contributed by atoms with Gasteiger partial charge in [0, 0.05) is 12.1 Å². The number of carbonyl (C=O) groups excluding carboxylic acids is 1. The fourth-order valence-electron chi connectivity index (χ4n) is 4.18. The molecule has 1 fully saturated rings. The minimum Gasteiger partial charge on any atom is -0.351 e. The number of sulfonamides is 1. The number of amides is 1. The van der Waals surface area contributed by atoms with Crippen LogP contribution in [0.4, 0.5) is 5.82 Å². The van der Waals surface area contributed by atoms with E-state index in [1.165, 1.54) is 12.1 Å². The smallest absolute Gasteiger partial charge is 0.268 e. The predicted molar refractivity (Wildman–Crippen MR) is 129 cm³/mol. The fourth-order valence-corrected chi connectivity index (χ4v) is 7.40. The zero-order valence-corrected chi connectivity index (χ0v) is 21.4. The first-order valence-corrected chi connectivity index (χ1v) is 15.7. The van der Waals surface area contributed by atoms with E-state index in [0.29, 0.717) is 23.4 Å². The zero-order chi connectivity index (χ0) is 23.2. The van der Waals surface area contributed by atoms with Gasteiger partial charge >= 0.3 is 0 Å². The molecule has 1 atom stereocenters. The SMILES string of the molecule is C[C@@H]1CN(c2nc(Cl)c([Si](C)(C)C)cc2C(=O)NS(=O)(=O)c2ccccc2)C(C)(C)C1. The summed E-state index contributed by atoms with van der Waals surface area (Å²) >= 11 is 6.57. The molecule has 9 heteroatoms. The Labute approximate surface area is 191 Å². The van der Waals surface area contributed by atoms with Crippen molar-refractivity contribution in [3.63, 3.8) is 0 Å². The van der Waals surface area contributed by atoms with E-state index in [1.807, 2.05) is 0 Å². The second-order valence-corrected chi connectivity index (χ2v) is 17.0. The molecule has 2 aromatic rings. The molecule has 0 saturated carbocycles. The van der Waals surface area contributed by atoms with Crippen molar-refractivity contribution in [2.75, 3.05) is 11.4 Å². The van der Waals surface area contributed by atoms with Crippen molar-refractivity contribution in [2.24, 2.45) is 5.92 Å². The molecule has 1 N–H and O–H groups in total. The Kier molecular flexibility index (Phi) is 6.30. The number of aromatic nitrogens is 1. The van der Waals surface area contributed by atoms with Crippen LogP contribution in [0, 0.1) is 5.92 Å². The molecule has 6 nitrogen and oxygen atoms in total. The molecule has 3 rings (SSSR count). The lowest BCUT2D eigenvalue weighted by atomic mass is 9.97. The number of halogens is 1. The monoisotopic (exact) mass is 479 g/mol. The highest BCUT2D eigenvalue weighted by molar-refractivity contribution is 7.90. The molecular formula is C22H30ClN3O3SSi. The van der Waals surface area contributed by atoms with Crippen LogP contribution in [-0.4, -0.2) is 39.5 Å². The molecule has 1 saturated heterocycles. The Balaban J connectivity index is 2.11. The minimum absolute atomic E-state index is 0.0346. The molecule has 1 aliphatic rings. The minimum atomic E-state index is -4.01. The average molecular weight is 480 g/mol. The van der Waals surface area contributed by atoms with Gasteiger partial charge < -0.3 is 4.90 Å². The number of pyridine rings is 1. The normalized spacial score (nSPS) is 18.8. The summed E-state index contributed by atoms with van der Waals surface area (Å²) in [4.78, 5) is 20.1. The first-order chi connectivity index (χ1) is 14.2. The van der Waals surface area contributed by atoms with Crippen molar-refractivity contribution in [1.29, 1.82) is 0 Å². The molecule has 1 aliphatic heterocycles. The molecule has 0 spiro atoms. The first-order valence-electron chi connectivity index (χ1n) is 10.3. The number of anilines is 1. The number of carbonyl (C=O) groups is 1. The third-order valence-electron chi connectivity index (χ3n) is 5.62. The largest absolute Gasteiger partial charge is 0.351 e. The number of rotatable bonds is 5. The first kappa shape index (κ1) is 23.8. The van der Waals surface area contributed by atoms with Gasteiger partial charge in [-0.1, -0.05) is 56.4 Å². The third kappa shape index (κ3) is 4.96. The highest BCUT2D eigenvalue weighted by Crippen LogP contribution is 2.38. The zero-order valence-electron chi connectivity index (χ0n) is 18.9. The summed E-state index contributed by atoms with van der Waals surface area (Å²) in [5.74, 6) is 0.149. The number of hydrogen-bond donors (Lipinski definition) is 1. The van der Waals surface area contributed by atoms with Crippen molar-refractivity contribution >= 4 is 46.6 Å². The van der Waals surface area contributed by atoms with E-state index >= 15 is 0 Å². The summed E-state index contributed by atoms with van der Waals surface area (Å²) in [6.07, 6.45) is 0.936. The number of benzene rings is 1. The van der Waals surface area contributed by atoms with Crippen LogP contribution in [0.5, 0.6) is 0 Å². The quantitative estimate of drug-likeness (QED) is 0.517. The van der Waals surface area contributed by atoms with Gasteiger partial charge in [0.2, 0.25) is 0 Å². The highest BCUT2D eigenvalue weighted by Gasteiger charge is 2.40. The number of hydrogen-bond acceptors (Lipinski definition) is 5. The second-order valence-electron chi connectivity index (χ2n) is 9.93. The number of nitrogens with one attached hydrogen (secondary N) is 1. The topological polar surface area (TPSA) is 79.4 Å². The summed E-state index contributed by atoms with van der Waals surface area (Å²) in [5, 5.41) is 1.21. The Morgan fingerprint density at radius 2 is 1.84 bits per heavy atom. The van der Waals surface area contributed by atoms with Crippen LogP contribution in [0.25, 0.3) is 0 Å². The van der Waals surface area contributed by atoms with Crippen LogP contribution in [0.3, 0.4) is 0 Å². The van der Waals surface area contributed by atoms with Crippen LogP contribution in [-0.2, 0) is 10.0 Å². The van der Waals surface area contributed by atoms with Gasteiger partial charge in [0.05, 0.1) is 18.5 Å². The Hall–Kier alpha value is -1.90. The summed E-state index contributed by atoms with van der Waals surface area (Å²) < 4.78 is 27.8. The molecular weight excluding hydrogens is 450 g/mol. The molecule has 0 bridgehead atoms. The van der Waals surface area contributed by atoms with Gasteiger partial charge in [-0.2, -0.15) is 0 Å². The number of nitrogens with zero attached hydrogens (tertiary/aromatic N) is 2. The van der Waals surface area contributed by atoms with Crippen molar-refractivity contribution in [3.8, 4) is 0 Å². The summed E-state index contributed by atoms with van der Waals surface area (Å²) in [6, 6.07) is 9.60. The summed E-state index contributed by atoms with van der Waals surface area (Å²) in [6.45, 7) is 13.4. The molecule has 0 unspecified atom stereocenters. The molecule has 31 heavy (non-hydrogen) atoms. The van der Waals surface area contributed by atoms with E-state index < -0.39 is 24.0 Å². The van der Waals surface area contributed by atoms with Gasteiger partial charge in [-0.15, -0.1) is 0 Å². The average Bonchev–Trinajstić information content (AvgIpc) is 2.92. The maximum absolute atomic E-state index is 13.3. The maximum Gasteiger partial charge on any atom is 0.268 e. The van der Waals surface area contributed by atoms with Gasteiger partial charge in [0.1, 0.15) is 11.0 Å². The van der Waals surface area contributed by atoms with E-state index in [0.717, 1.165) is 11.6 Å². The Bertz CT molecular complexity index is 1100. The van der Waals surface area contributed by atoms with Crippen molar-refractivity contribution in [1.82, 2.24) is 9.71 Å². The standard InChI is InChI=1S/C22H30ClN3O3SSi/c1-15-13-22(2,3)26(14-15)20-17(12-18(19(23)24-20)31(4,5)6)21(27)25-30(28,29)16-10-8-7-9-11-16/h7-12,15H,13-14H2,1-6H3,(H,25,27)/t15-/m0/s1. The molecule has 1 aromatic carbocycles. The van der Waals surface area contributed by atoms with Gasteiger partial charge in [0.15, 0.2) is 0 Å². The van der Waals surface area contributed by atoms with Crippen molar-refractivity contribution in [2.45, 2.75) is 57.3 Å². The molecule has 1 amide bonds. The highest BCUT2D eigenvalue weighted by atomic mass is 35.5. The lowest BCUT2D eigenvalue weighted by molar-refractivity contribution is 0.0981. The van der Waals surface area contributed by atoms with Gasteiger partial charge in [-0.05, 0) is 49.6 Å². The van der Waals surface area contributed by atoms with E-state index in [-0.39, 0.29) is 16.0 Å². The van der Waals surface area contributed by atoms with Gasteiger partial charge in [-0.3, -0.25) is 4.79 Å². The van der Waals surface area contributed by atoms with E-state index in [4.69, 9.17) is 11.6 Å². The second kappa shape index (κ2) is 8.22. The molecule has 0 aliphatic carbocycles. The summed E-state index contributed by atoms with van der Waals surface area (Å²) in [5.41, 5.74) is 0.00697. The fraction of sp³-hybridized carbons (Fsp3) is 0.455. The predicted octanol–water partition coefficient (Wildman–Crippen LogP) is 4.02. The maximum atomic E-state index is 13.3. The van der Waals surface area contributed by atoms with Crippen LogP contribution >= 0.6 is 11.6 Å². The van der Waals surface area contributed by atoms with Gasteiger partial charge in [-0.25, -0.2) is 18.1 Å². The lowest BCUT2D eigenvalue weighted by Crippen LogP contribution is -2.44. The third-order valence-corrected chi connectivity index (χ3v) is 9.41. The molecule has 2 heterocycles. The van der Waals surface area contributed by atoms with Crippen molar-refractivity contribution in [3.05, 3.63) is 47.1 Å². The van der Waals surface area contributed by atoms with Crippen LogP contribution in [0.2, 0.25) is 24.8 Å². The Morgan fingerprint density at radius 1 is 1.23 bits per heavy atom. The summed E-state index contributed by atoms with van der Waals surface area (Å²) in [7, 11) is -5.95. The van der Waals surface area contributed by atoms with Crippen LogP contribution in [0.1, 0.15) is 37.6 Å². The van der Waals surface area contributed by atoms with Crippen molar-refractivity contribution < 1.29 is 13.2 Å². The van der Waals surface area contributed by atoms with Gasteiger partial charge in [0.25, 0.3) is 15.9 Å². The Morgan fingerprint density at radius 3 is 2.35 bits per heavy atom. The van der Waals surface area contributed by atoms with Crippen LogP contribution < -0.4 is 14.8 Å². The van der Waals surface area contributed by atoms with E-state index in [2.05, 4.69) is 55.0 Å². The van der Waals surface area contributed by atoms with E-state index in [9.17, 15) is 13.2 Å². The molecule has 0 radical (unpaired) electrons. The molecule has 1 aromatic heterocycles. The van der Waals surface area contributed by atoms with Crippen LogP contribution in [0.15, 0.2) is 41.3 Å². The molecule has 168 valence electrons. The lowest BCUT2D eigenvalue weighted by Gasteiger charge is -2.34.